The molecule has 3 N–H and O–H groups in total. The number of carbonyl (C=O) groups is 1. The second kappa shape index (κ2) is 7.74. The molecule has 6 nitrogen and oxygen atoms in total. The largest absolute Gasteiger partial charge is 0.388 e. The van der Waals surface area contributed by atoms with Crippen molar-refractivity contribution < 1.29 is 17.6 Å². The fraction of sp³-hybridized carbons (Fsp3) is 0.278. The normalized spacial score (nSPS) is 11.7. The Bertz CT molecular complexity index is 864. The van der Waals surface area contributed by atoms with Gasteiger partial charge in [-0.2, -0.15) is 0 Å². The first-order chi connectivity index (χ1) is 12.2. The Kier molecular flexibility index (Phi) is 5.86. The highest BCUT2D eigenvalue weighted by Crippen LogP contribution is 2.22. The van der Waals surface area contributed by atoms with E-state index in [0.29, 0.717) is 11.4 Å². The number of anilines is 3. The Hall–Kier alpha value is -2.61. The van der Waals surface area contributed by atoms with E-state index in [1.807, 2.05) is 0 Å². The van der Waals surface area contributed by atoms with Gasteiger partial charge >= 0.3 is 0 Å². The van der Waals surface area contributed by atoms with Crippen LogP contribution >= 0.6 is 0 Å². The van der Waals surface area contributed by atoms with E-state index in [9.17, 15) is 17.6 Å². The maximum absolute atomic E-state index is 12.8. The lowest BCUT2D eigenvalue weighted by Gasteiger charge is -2.19. The quantitative estimate of drug-likeness (QED) is 0.687. The standard InChI is InChI=1S/C18H22FN3O3S/c1-18(2,12-19)17(23)21-14-4-6-15(7-5-14)22-26(24,25)16-10-8-13(20-3)9-11-16/h4-11,20,22H,12H2,1-3H3,(H,21,23). The third kappa shape index (κ3) is 4.72. The summed E-state index contributed by atoms with van der Waals surface area (Å²) in [6.45, 7) is 2.23. The van der Waals surface area contributed by atoms with Gasteiger partial charge in [0.2, 0.25) is 5.91 Å². The maximum atomic E-state index is 12.8. The number of alkyl halides is 1. The molecule has 0 atom stereocenters. The number of halogens is 1. The number of benzene rings is 2. The van der Waals surface area contributed by atoms with E-state index in [-0.39, 0.29) is 4.90 Å². The molecule has 0 aliphatic rings. The Morgan fingerprint density at radius 1 is 0.962 bits per heavy atom. The molecule has 0 radical (unpaired) electrons. The molecule has 2 rings (SSSR count). The minimum Gasteiger partial charge on any atom is -0.388 e. The van der Waals surface area contributed by atoms with E-state index in [1.54, 1.807) is 31.3 Å². The third-order valence-corrected chi connectivity index (χ3v) is 5.19. The van der Waals surface area contributed by atoms with Crippen LogP contribution in [0.15, 0.2) is 53.4 Å². The number of rotatable bonds is 7. The Morgan fingerprint density at radius 2 is 1.46 bits per heavy atom. The molecular weight excluding hydrogens is 357 g/mol. The zero-order valence-corrected chi connectivity index (χ0v) is 15.7. The van der Waals surface area contributed by atoms with Crippen molar-refractivity contribution in [1.82, 2.24) is 0 Å². The smallest absolute Gasteiger partial charge is 0.261 e. The van der Waals surface area contributed by atoms with Crippen molar-refractivity contribution in [3.8, 4) is 0 Å². The van der Waals surface area contributed by atoms with Gasteiger partial charge < -0.3 is 10.6 Å². The molecule has 0 saturated carbocycles. The van der Waals surface area contributed by atoms with Crippen molar-refractivity contribution in [1.29, 1.82) is 0 Å². The molecule has 0 fully saturated rings. The van der Waals surface area contributed by atoms with Crippen molar-refractivity contribution in [2.45, 2.75) is 18.7 Å². The minimum atomic E-state index is -3.72. The van der Waals surface area contributed by atoms with Crippen LogP contribution < -0.4 is 15.4 Å². The monoisotopic (exact) mass is 379 g/mol. The van der Waals surface area contributed by atoms with Crippen molar-refractivity contribution in [3.63, 3.8) is 0 Å². The average Bonchev–Trinajstić information content (AvgIpc) is 2.63. The van der Waals surface area contributed by atoms with Crippen molar-refractivity contribution in [3.05, 3.63) is 48.5 Å². The Balaban J connectivity index is 2.09. The topological polar surface area (TPSA) is 87.3 Å². The third-order valence-electron chi connectivity index (χ3n) is 3.80. The van der Waals surface area contributed by atoms with Crippen LogP contribution in [-0.2, 0) is 14.8 Å². The number of hydrogen-bond donors (Lipinski definition) is 3. The van der Waals surface area contributed by atoms with E-state index in [0.717, 1.165) is 5.69 Å². The van der Waals surface area contributed by atoms with E-state index >= 15 is 0 Å². The fourth-order valence-electron chi connectivity index (χ4n) is 2.00. The Labute approximate surface area is 152 Å². The first kappa shape index (κ1) is 19.7. The van der Waals surface area contributed by atoms with Crippen LogP contribution in [0.1, 0.15) is 13.8 Å². The summed E-state index contributed by atoms with van der Waals surface area (Å²) in [6.07, 6.45) is 0. The first-order valence-corrected chi connectivity index (χ1v) is 9.44. The molecule has 0 bridgehead atoms. The highest BCUT2D eigenvalue weighted by atomic mass is 32.2. The van der Waals surface area contributed by atoms with Gasteiger partial charge in [0.15, 0.2) is 0 Å². The first-order valence-electron chi connectivity index (χ1n) is 7.96. The summed E-state index contributed by atoms with van der Waals surface area (Å²) in [5.41, 5.74) is 0.489. The molecule has 0 aromatic heterocycles. The van der Waals surface area contributed by atoms with Gasteiger partial charge in [0, 0.05) is 24.1 Å². The summed E-state index contributed by atoms with van der Waals surface area (Å²) in [7, 11) is -1.97. The molecule has 140 valence electrons. The van der Waals surface area contributed by atoms with Crippen molar-refractivity contribution in [2.24, 2.45) is 5.41 Å². The SMILES string of the molecule is CNc1ccc(S(=O)(=O)Nc2ccc(NC(=O)C(C)(C)CF)cc2)cc1. The predicted octanol–water partition coefficient (Wildman–Crippen LogP) is 3.46. The van der Waals surface area contributed by atoms with E-state index < -0.39 is 28.0 Å². The molecule has 2 aromatic rings. The van der Waals surface area contributed by atoms with Crippen LogP contribution in [0.3, 0.4) is 0 Å². The highest BCUT2D eigenvalue weighted by molar-refractivity contribution is 7.92. The van der Waals surface area contributed by atoms with Gasteiger partial charge in [-0.15, -0.1) is 0 Å². The van der Waals surface area contributed by atoms with E-state index in [1.165, 1.54) is 38.1 Å². The maximum Gasteiger partial charge on any atom is 0.261 e. The van der Waals surface area contributed by atoms with Crippen LogP contribution in [0.5, 0.6) is 0 Å². The fourth-order valence-corrected chi connectivity index (χ4v) is 3.06. The lowest BCUT2D eigenvalue weighted by atomic mass is 9.94. The van der Waals surface area contributed by atoms with Crippen molar-refractivity contribution in [2.75, 3.05) is 29.1 Å². The molecule has 0 saturated heterocycles. The lowest BCUT2D eigenvalue weighted by molar-refractivity contribution is -0.124. The number of carbonyl (C=O) groups excluding carboxylic acids is 1. The van der Waals surface area contributed by atoms with Gasteiger partial charge in [-0.1, -0.05) is 0 Å². The van der Waals surface area contributed by atoms with Gasteiger partial charge in [-0.25, -0.2) is 12.8 Å². The van der Waals surface area contributed by atoms with Gasteiger partial charge in [-0.05, 0) is 62.4 Å². The number of sulfonamides is 1. The van der Waals surface area contributed by atoms with Crippen LogP contribution in [0.2, 0.25) is 0 Å². The van der Waals surface area contributed by atoms with Gasteiger partial charge in [-0.3, -0.25) is 9.52 Å². The second-order valence-corrected chi connectivity index (χ2v) is 8.11. The van der Waals surface area contributed by atoms with Gasteiger partial charge in [0.1, 0.15) is 6.67 Å². The van der Waals surface area contributed by atoms with Gasteiger partial charge in [0.25, 0.3) is 10.0 Å². The molecule has 26 heavy (non-hydrogen) atoms. The molecule has 0 aliphatic carbocycles. The second-order valence-electron chi connectivity index (χ2n) is 6.43. The molecule has 2 aromatic carbocycles. The van der Waals surface area contributed by atoms with Crippen LogP contribution in [-0.4, -0.2) is 28.0 Å². The summed E-state index contributed by atoms with van der Waals surface area (Å²) in [4.78, 5) is 12.1. The molecule has 0 heterocycles. The summed E-state index contributed by atoms with van der Waals surface area (Å²) >= 11 is 0. The summed E-state index contributed by atoms with van der Waals surface area (Å²) in [5, 5.41) is 5.52. The highest BCUT2D eigenvalue weighted by Gasteiger charge is 2.27. The molecular formula is C18H22FN3O3S. The lowest BCUT2D eigenvalue weighted by Crippen LogP contribution is -2.32. The zero-order valence-electron chi connectivity index (χ0n) is 14.8. The van der Waals surface area contributed by atoms with E-state index in [4.69, 9.17) is 0 Å². The minimum absolute atomic E-state index is 0.138. The number of amides is 1. The summed E-state index contributed by atoms with van der Waals surface area (Å²) in [5.74, 6) is -0.446. The van der Waals surface area contributed by atoms with E-state index in [2.05, 4.69) is 15.4 Å². The molecule has 0 spiro atoms. The molecule has 0 aliphatic heterocycles. The zero-order chi connectivity index (χ0) is 19.4. The Morgan fingerprint density at radius 3 is 1.96 bits per heavy atom. The van der Waals surface area contributed by atoms with Crippen LogP contribution in [0, 0.1) is 5.41 Å². The molecule has 8 heteroatoms. The van der Waals surface area contributed by atoms with Gasteiger partial charge in [0.05, 0.1) is 10.3 Å². The summed E-state index contributed by atoms with van der Waals surface area (Å²) in [6, 6.07) is 12.5. The van der Waals surface area contributed by atoms with Crippen LogP contribution in [0.4, 0.5) is 21.5 Å². The predicted molar refractivity (Wildman–Crippen MR) is 102 cm³/mol. The van der Waals surface area contributed by atoms with Crippen molar-refractivity contribution >= 4 is 33.0 Å². The molecule has 0 unspecified atom stereocenters. The number of hydrogen-bond acceptors (Lipinski definition) is 4. The van der Waals surface area contributed by atoms with Crippen LogP contribution in [0.25, 0.3) is 0 Å². The number of nitrogens with one attached hydrogen (secondary N) is 3. The summed E-state index contributed by atoms with van der Waals surface area (Å²) < 4.78 is 40.1. The molecule has 1 amide bonds. The average molecular weight is 379 g/mol.